The maximum atomic E-state index is 12.9. The number of amides is 1. The van der Waals surface area contributed by atoms with Crippen molar-refractivity contribution < 1.29 is 4.79 Å². The molecule has 3 nitrogen and oxygen atoms in total. The number of anilines is 1. The number of nitrogens with zero attached hydrogens (tertiary/aromatic N) is 1. The lowest BCUT2D eigenvalue weighted by Crippen LogP contribution is -2.30. The summed E-state index contributed by atoms with van der Waals surface area (Å²) in [6.07, 6.45) is 4.28. The lowest BCUT2D eigenvalue weighted by Gasteiger charge is -2.29. The molecule has 0 saturated heterocycles. The normalized spacial score (nSPS) is 20.5. The van der Waals surface area contributed by atoms with Gasteiger partial charge in [0.15, 0.2) is 0 Å². The van der Waals surface area contributed by atoms with Gasteiger partial charge < -0.3 is 5.32 Å². The number of hydrogen-bond donors (Lipinski definition) is 1. The number of hydrogen-bond acceptors (Lipinski definition) is 3. The number of thiazole rings is 1. The Morgan fingerprint density at radius 2 is 1.84 bits per heavy atom. The first-order valence-corrected chi connectivity index (χ1v) is 9.75. The molecule has 128 valence electrons. The number of carbonyl (C=O) groups is 1. The van der Waals surface area contributed by atoms with Crippen LogP contribution < -0.4 is 5.32 Å². The molecule has 0 spiro atoms. The number of para-hydroxylation sites is 1. The smallest absolute Gasteiger partial charge is 0.228 e. The molecule has 2 unspecified atom stereocenters. The van der Waals surface area contributed by atoms with E-state index >= 15 is 0 Å². The van der Waals surface area contributed by atoms with Crippen LogP contribution in [0.25, 0.3) is 10.2 Å². The molecule has 0 bridgehead atoms. The first-order valence-electron chi connectivity index (χ1n) is 8.94. The van der Waals surface area contributed by atoms with Gasteiger partial charge in [0, 0.05) is 17.5 Å². The van der Waals surface area contributed by atoms with Crippen molar-refractivity contribution in [2.24, 2.45) is 5.92 Å². The zero-order chi connectivity index (χ0) is 17.2. The summed E-state index contributed by atoms with van der Waals surface area (Å²) >= 11 is 1.74. The average molecular weight is 350 g/mol. The van der Waals surface area contributed by atoms with Gasteiger partial charge in [0.05, 0.1) is 15.2 Å². The molecule has 3 aromatic rings. The van der Waals surface area contributed by atoms with Crippen LogP contribution in [-0.4, -0.2) is 10.9 Å². The van der Waals surface area contributed by atoms with Crippen molar-refractivity contribution >= 4 is 33.1 Å². The number of carbonyl (C=O) groups excluding carboxylic acids is 1. The Kier molecular flexibility index (Phi) is 4.53. The van der Waals surface area contributed by atoms with Crippen LogP contribution in [0.2, 0.25) is 0 Å². The Hall–Kier alpha value is -2.20. The highest BCUT2D eigenvalue weighted by Gasteiger charge is 2.34. The summed E-state index contributed by atoms with van der Waals surface area (Å²) in [6, 6.07) is 16.2. The molecule has 25 heavy (non-hydrogen) atoms. The molecule has 1 N–H and O–H groups in total. The van der Waals surface area contributed by atoms with Crippen LogP contribution in [-0.2, 0) is 4.79 Å². The predicted molar refractivity (Wildman–Crippen MR) is 104 cm³/mol. The summed E-state index contributed by atoms with van der Waals surface area (Å²) in [5, 5.41) is 4.23. The number of aryl methyl sites for hydroxylation is 1. The Morgan fingerprint density at radius 3 is 2.64 bits per heavy atom. The highest BCUT2D eigenvalue weighted by Crippen LogP contribution is 2.41. The number of benzene rings is 2. The molecule has 1 aliphatic rings. The first kappa shape index (κ1) is 16.3. The number of nitrogens with one attached hydrogen (secondary N) is 1. The summed E-state index contributed by atoms with van der Waals surface area (Å²) in [5.41, 5.74) is 3.12. The molecule has 0 aliphatic heterocycles. The van der Waals surface area contributed by atoms with E-state index in [0.717, 1.165) is 35.5 Å². The van der Waals surface area contributed by atoms with Gasteiger partial charge in [-0.1, -0.05) is 42.7 Å². The average Bonchev–Trinajstić information content (AvgIpc) is 3.07. The molecular weight excluding hydrogens is 328 g/mol. The third-order valence-electron chi connectivity index (χ3n) is 5.05. The summed E-state index contributed by atoms with van der Waals surface area (Å²) < 4.78 is 1.21. The van der Waals surface area contributed by atoms with Crippen molar-refractivity contribution in [1.82, 2.24) is 4.98 Å². The van der Waals surface area contributed by atoms with Gasteiger partial charge in [-0.3, -0.25) is 4.79 Å². The summed E-state index contributed by atoms with van der Waals surface area (Å²) in [4.78, 5) is 17.7. The molecule has 1 aliphatic carbocycles. The van der Waals surface area contributed by atoms with Gasteiger partial charge in [-0.15, -0.1) is 11.3 Å². The standard InChI is InChI=1S/C21H22N2OS/c1-14-10-12-15(13-11-14)22-20(24)16-6-2-3-7-17(16)21-23-18-8-4-5-9-19(18)25-21/h4-5,8-13,16-17H,2-3,6-7H2,1H3,(H,22,24). The first-order chi connectivity index (χ1) is 12.2. The van der Waals surface area contributed by atoms with E-state index < -0.39 is 0 Å². The fourth-order valence-corrected chi connectivity index (χ4v) is 4.83. The highest BCUT2D eigenvalue weighted by atomic mass is 32.1. The van der Waals surface area contributed by atoms with Gasteiger partial charge in [0.25, 0.3) is 0 Å². The van der Waals surface area contributed by atoms with E-state index in [1.54, 1.807) is 11.3 Å². The molecule has 2 atom stereocenters. The Labute approximate surface area is 152 Å². The van der Waals surface area contributed by atoms with Crippen LogP contribution >= 0.6 is 11.3 Å². The molecular formula is C21H22N2OS. The van der Waals surface area contributed by atoms with Gasteiger partial charge in [-0.25, -0.2) is 4.98 Å². The molecule has 2 aromatic carbocycles. The monoisotopic (exact) mass is 350 g/mol. The van der Waals surface area contributed by atoms with Gasteiger partial charge in [-0.05, 0) is 44.0 Å². The predicted octanol–water partition coefficient (Wildman–Crippen LogP) is 5.52. The summed E-state index contributed by atoms with van der Waals surface area (Å²) in [6.45, 7) is 2.05. The maximum Gasteiger partial charge on any atom is 0.228 e. The topological polar surface area (TPSA) is 42.0 Å². The van der Waals surface area contributed by atoms with E-state index in [2.05, 4.69) is 24.4 Å². The van der Waals surface area contributed by atoms with E-state index in [4.69, 9.17) is 4.98 Å². The van der Waals surface area contributed by atoms with Gasteiger partial charge in [0.1, 0.15) is 0 Å². The second-order valence-electron chi connectivity index (χ2n) is 6.87. The second-order valence-corrected chi connectivity index (χ2v) is 7.93. The van der Waals surface area contributed by atoms with Crippen molar-refractivity contribution in [3.05, 3.63) is 59.1 Å². The van der Waals surface area contributed by atoms with E-state index in [1.807, 2.05) is 36.4 Å². The summed E-state index contributed by atoms with van der Waals surface area (Å²) in [7, 11) is 0. The Morgan fingerprint density at radius 1 is 1.08 bits per heavy atom. The van der Waals surface area contributed by atoms with Crippen LogP contribution in [0.15, 0.2) is 48.5 Å². The third-order valence-corrected chi connectivity index (χ3v) is 6.22. The van der Waals surface area contributed by atoms with Crippen LogP contribution in [0.3, 0.4) is 0 Å². The molecule has 4 rings (SSSR count). The highest BCUT2D eigenvalue weighted by molar-refractivity contribution is 7.18. The molecule has 1 heterocycles. The van der Waals surface area contributed by atoms with E-state index in [9.17, 15) is 4.79 Å². The third kappa shape index (κ3) is 3.45. The molecule has 1 saturated carbocycles. The van der Waals surface area contributed by atoms with Crippen LogP contribution in [0.4, 0.5) is 5.69 Å². The minimum Gasteiger partial charge on any atom is -0.326 e. The van der Waals surface area contributed by atoms with Crippen LogP contribution in [0.5, 0.6) is 0 Å². The van der Waals surface area contributed by atoms with Crippen LogP contribution in [0.1, 0.15) is 42.2 Å². The van der Waals surface area contributed by atoms with E-state index in [1.165, 1.54) is 16.7 Å². The zero-order valence-electron chi connectivity index (χ0n) is 14.4. The van der Waals surface area contributed by atoms with E-state index in [0.29, 0.717) is 0 Å². The molecule has 0 radical (unpaired) electrons. The number of rotatable bonds is 3. The fourth-order valence-electron chi connectivity index (χ4n) is 3.66. The lowest BCUT2D eigenvalue weighted by atomic mass is 9.79. The lowest BCUT2D eigenvalue weighted by molar-refractivity contribution is -0.121. The summed E-state index contributed by atoms with van der Waals surface area (Å²) in [5.74, 6) is 0.375. The van der Waals surface area contributed by atoms with Crippen molar-refractivity contribution in [1.29, 1.82) is 0 Å². The fraction of sp³-hybridized carbons (Fsp3) is 0.333. The second kappa shape index (κ2) is 6.96. The Balaban J connectivity index is 1.57. The number of fused-ring (bicyclic) bond motifs is 1. The minimum absolute atomic E-state index is 0.00983. The largest absolute Gasteiger partial charge is 0.326 e. The van der Waals surface area contributed by atoms with Crippen molar-refractivity contribution in [2.45, 2.75) is 38.5 Å². The molecule has 1 aromatic heterocycles. The van der Waals surface area contributed by atoms with Gasteiger partial charge in [0.2, 0.25) is 5.91 Å². The van der Waals surface area contributed by atoms with E-state index in [-0.39, 0.29) is 17.7 Å². The molecule has 4 heteroatoms. The van der Waals surface area contributed by atoms with Gasteiger partial charge >= 0.3 is 0 Å². The molecule has 1 fully saturated rings. The molecule has 1 amide bonds. The van der Waals surface area contributed by atoms with Crippen molar-refractivity contribution in [2.75, 3.05) is 5.32 Å². The maximum absolute atomic E-state index is 12.9. The Bertz CT molecular complexity index is 851. The zero-order valence-corrected chi connectivity index (χ0v) is 15.2. The van der Waals surface area contributed by atoms with Crippen molar-refractivity contribution in [3.8, 4) is 0 Å². The number of aromatic nitrogens is 1. The minimum atomic E-state index is 0.00983. The van der Waals surface area contributed by atoms with Crippen molar-refractivity contribution in [3.63, 3.8) is 0 Å². The van der Waals surface area contributed by atoms with Gasteiger partial charge in [-0.2, -0.15) is 0 Å². The quantitative estimate of drug-likeness (QED) is 0.676. The SMILES string of the molecule is Cc1ccc(NC(=O)C2CCCCC2c2nc3ccccc3s2)cc1. The van der Waals surface area contributed by atoms with Crippen LogP contribution in [0, 0.1) is 12.8 Å².